The van der Waals surface area contributed by atoms with E-state index >= 15 is 0 Å². The third-order valence-electron chi connectivity index (χ3n) is 2.08. The van der Waals surface area contributed by atoms with Gasteiger partial charge in [0.05, 0.1) is 11.6 Å². The molecule has 1 nitrogen and oxygen atoms in total. The molecule has 0 aromatic heterocycles. The Labute approximate surface area is 92.4 Å². The van der Waals surface area contributed by atoms with Crippen LogP contribution in [0.3, 0.4) is 0 Å². The van der Waals surface area contributed by atoms with Gasteiger partial charge in [0.2, 0.25) is 0 Å². The lowest BCUT2D eigenvalue weighted by atomic mass is 10.1. The molecule has 1 unspecified atom stereocenters. The van der Waals surface area contributed by atoms with E-state index in [0.717, 1.165) is 12.0 Å². The van der Waals surface area contributed by atoms with Crippen molar-refractivity contribution >= 4 is 35.8 Å². The van der Waals surface area contributed by atoms with Crippen LogP contribution in [0.2, 0.25) is 10.0 Å². The topological polar surface area (TPSA) is 9.23 Å². The molecule has 1 atom stereocenters. The highest BCUT2D eigenvalue weighted by Gasteiger charge is 2.21. The predicted octanol–water partition coefficient (Wildman–Crippen LogP) is 3.75. The molecule has 13 heavy (non-hydrogen) atoms. The molecule has 1 aliphatic rings. The van der Waals surface area contributed by atoms with E-state index in [1.807, 2.05) is 6.07 Å². The second kappa shape index (κ2) is 3.60. The van der Waals surface area contributed by atoms with Crippen molar-refractivity contribution in [2.75, 3.05) is 6.61 Å². The van der Waals surface area contributed by atoms with Gasteiger partial charge in [-0.3, -0.25) is 0 Å². The number of halogens is 2. The standard InChI is InChI=1S/C9H8Cl2OS/c10-6-2-1-5-7(13)3-4-12-9(5)8(6)11/h1-2,7,13H,3-4H2. The lowest BCUT2D eigenvalue weighted by molar-refractivity contribution is 0.287. The molecular weight excluding hydrogens is 227 g/mol. The summed E-state index contributed by atoms with van der Waals surface area (Å²) >= 11 is 16.3. The van der Waals surface area contributed by atoms with Crippen molar-refractivity contribution in [1.82, 2.24) is 0 Å². The molecule has 1 aliphatic heterocycles. The molecule has 0 aliphatic carbocycles. The Kier molecular flexibility index (Phi) is 2.63. The lowest BCUT2D eigenvalue weighted by Gasteiger charge is -2.23. The highest BCUT2D eigenvalue weighted by Crippen LogP contribution is 2.43. The number of thiol groups is 1. The smallest absolute Gasteiger partial charge is 0.143 e. The van der Waals surface area contributed by atoms with Crippen LogP contribution >= 0.6 is 35.8 Å². The summed E-state index contributed by atoms with van der Waals surface area (Å²) in [5, 5.41) is 1.24. The van der Waals surface area contributed by atoms with E-state index in [-0.39, 0.29) is 5.25 Å². The third kappa shape index (κ3) is 1.63. The van der Waals surface area contributed by atoms with Crippen LogP contribution in [0.5, 0.6) is 5.75 Å². The zero-order chi connectivity index (χ0) is 9.42. The third-order valence-corrected chi connectivity index (χ3v) is 3.40. The van der Waals surface area contributed by atoms with Crippen molar-refractivity contribution in [3.8, 4) is 5.75 Å². The van der Waals surface area contributed by atoms with Crippen molar-refractivity contribution in [1.29, 1.82) is 0 Å². The molecule has 0 spiro atoms. The minimum absolute atomic E-state index is 0.207. The first kappa shape index (κ1) is 9.50. The van der Waals surface area contributed by atoms with Crippen LogP contribution in [-0.2, 0) is 0 Å². The van der Waals surface area contributed by atoms with Gasteiger partial charge < -0.3 is 4.74 Å². The first-order valence-corrected chi connectivity index (χ1v) is 5.26. The molecule has 1 aromatic carbocycles. The molecule has 70 valence electrons. The van der Waals surface area contributed by atoms with Crippen molar-refractivity contribution < 1.29 is 4.74 Å². The molecule has 0 saturated heterocycles. The Bertz CT molecular complexity index is 341. The molecule has 0 saturated carbocycles. The fourth-order valence-electron chi connectivity index (χ4n) is 1.38. The van der Waals surface area contributed by atoms with Crippen LogP contribution in [0.25, 0.3) is 0 Å². The number of rotatable bonds is 0. The summed E-state index contributed by atoms with van der Waals surface area (Å²) in [5.74, 6) is 0.695. The minimum atomic E-state index is 0.207. The Hall–Kier alpha value is -0.0500. The Morgan fingerprint density at radius 1 is 1.38 bits per heavy atom. The average molecular weight is 235 g/mol. The second-order valence-corrected chi connectivity index (χ2v) is 4.34. The summed E-state index contributed by atoms with van der Waals surface area (Å²) < 4.78 is 5.44. The van der Waals surface area contributed by atoms with Gasteiger partial charge in [0.15, 0.2) is 0 Å². The van der Waals surface area contributed by atoms with Crippen LogP contribution in [-0.4, -0.2) is 6.61 Å². The fraction of sp³-hybridized carbons (Fsp3) is 0.333. The van der Waals surface area contributed by atoms with E-state index < -0.39 is 0 Å². The highest BCUT2D eigenvalue weighted by atomic mass is 35.5. The van der Waals surface area contributed by atoms with Gasteiger partial charge >= 0.3 is 0 Å². The zero-order valence-electron chi connectivity index (χ0n) is 6.76. The second-order valence-electron chi connectivity index (χ2n) is 2.93. The summed E-state index contributed by atoms with van der Waals surface area (Å²) in [6.07, 6.45) is 0.911. The Balaban J connectivity index is 2.56. The molecule has 0 amide bonds. The van der Waals surface area contributed by atoms with Crippen LogP contribution in [0, 0.1) is 0 Å². The molecule has 1 aromatic rings. The van der Waals surface area contributed by atoms with Crippen LogP contribution in [0.4, 0.5) is 0 Å². The Morgan fingerprint density at radius 2 is 2.15 bits per heavy atom. The van der Waals surface area contributed by atoms with Crippen LogP contribution < -0.4 is 4.74 Å². The SMILES string of the molecule is SC1CCOc2c1ccc(Cl)c2Cl. The molecular formula is C9H8Cl2OS. The quantitative estimate of drug-likeness (QED) is 0.674. The molecule has 0 fully saturated rings. The van der Waals surface area contributed by atoms with Crippen molar-refractivity contribution in [2.45, 2.75) is 11.7 Å². The van der Waals surface area contributed by atoms with Gasteiger partial charge in [-0.1, -0.05) is 29.3 Å². The largest absolute Gasteiger partial charge is 0.492 e. The van der Waals surface area contributed by atoms with E-state index in [2.05, 4.69) is 12.6 Å². The van der Waals surface area contributed by atoms with E-state index in [1.54, 1.807) is 6.07 Å². The summed E-state index contributed by atoms with van der Waals surface area (Å²) in [6.45, 7) is 0.654. The lowest BCUT2D eigenvalue weighted by Crippen LogP contribution is -2.11. The maximum Gasteiger partial charge on any atom is 0.143 e. The maximum absolute atomic E-state index is 5.99. The number of hydrogen-bond donors (Lipinski definition) is 1. The molecule has 0 radical (unpaired) electrons. The summed E-state index contributed by atoms with van der Waals surface area (Å²) in [6, 6.07) is 3.70. The van der Waals surface area contributed by atoms with Gasteiger partial charge in [0.1, 0.15) is 10.8 Å². The van der Waals surface area contributed by atoms with E-state index in [9.17, 15) is 0 Å². The molecule has 2 rings (SSSR count). The molecule has 4 heteroatoms. The fourth-order valence-corrected chi connectivity index (χ4v) is 2.07. The van der Waals surface area contributed by atoms with Crippen molar-refractivity contribution in [2.24, 2.45) is 0 Å². The minimum Gasteiger partial charge on any atom is -0.492 e. The number of benzene rings is 1. The van der Waals surface area contributed by atoms with Crippen molar-refractivity contribution in [3.63, 3.8) is 0 Å². The van der Waals surface area contributed by atoms with Gasteiger partial charge in [-0.15, -0.1) is 0 Å². The van der Waals surface area contributed by atoms with Gasteiger partial charge in [0.25, 0.3) is 0 Å². The summed E-state index contributed by atoms with van der Waals surface area (Å²) in [5.41, 5.74) is 1.03. The first-order chi connectivity index (χ1) is 6.20. The number of hydrogen-bond acceptors (Lipinski definition) is 2. The summed E-state index contributed by atoms with van der Waals surface area (Å²) in [7, 11) is 0. The first-order valence-electron chi connectivity index (χ1n) is 3.99. The van der Waals surface area contributed by atoms with E-state index in [1.165, 1.54) is 0 Å². The predicted molar refractivity (Wildman–Crippen MR) is 58.3 cm³/mol. The number of ether oxygens (including phenoxy) is 1. The van der Waals surface area contributed by atoms with Gasteiger partial charge in [-0.2, -0.15) is 12.6 Å². The maximum atomic E-state index is 5.99. The molecule has 0 bridgehead atoms. The van der Waals surface area contributed by atoms with Gasteiger partial charge in [-0.05, 0) is 12.5 Å². The zero-order valence-corrected chi connectivity index (χ0v) is 9.16. The van der Waals surface area contributed by atoms with Crippen LogP contribution in [0.1, 0.15) is 17.2 Å². The average Bonchev–Trinajstić information content (AvgIpc) is 2.12. The van der Waals surface area contributed by atoms with Gasteiger partial charge in [-0.25, -0.2) is 0 Å². The van der Waals surface area contributed by atoms with E-state index in [4.69, 9.17) is 27.9 Å². The summed E-state index contributed by atoms with van der Waals surface area (Å²) in [4.78, 5) is 0. The Morgan fingerprint density at radius 3 is 2.92 bits per heavy atom. The number of fused-ring (bicyclic) bond motifs is 1. The molecule has 1 heterocycles. The molecule has 0 N–H and O–H groups in total. The monoisotopic (exact) mass is 234 g/mol. The highest BCUT2D eigenvalue weighted by molar-refractivity contribution is 7.80. The van der Waals surface area contributed by atoms with Crippen molar-refractivity contribution in [3.05, 3.63) is 27.7 Å². The van der Waals surface area contributed by atoms with E-state index in [0.29, 0.717) is 22.4 Å². The van der Waals surface area contributed by atoms with Crippen LogP contribution in [0.15, 0.2) is 12.1 Å². The van der Waals surface area contributed by atoms with Gasteiger partial charge in [0, 0.05) is 10.8 Å². The normalized spacial score (nSPS) is 20.7.